The molecule has 0 fully saturated rings. The van der Waals surface area contributed by atoms with Gasteiger partial charge in [0.25, 0.3) is 0 Å². The average molecular weight is 465 g/mol. The van der Waals surface area contributed by atoms with E-state index in [2.05, 4.69) is 109 Å². The first kappa shape index (κ1) is 20.1. The minimum atomic E-state index is 0.754. The van der Waals surface area contributed by atoms with Crippen LogP contribution in [0.1, 0.15) is 0 Å². The monoisotopic (exact) mass is 464 g/mol. The van der Waals surface area contributed by atoms with Gasteiger partial charge in [0.1, 0.15) is 0 Å². The normalized spacial score (nSPS) is 11.4. The van der Waals surface area contributed by atoms with Crippen molar-refractivity contribution in [2.45, 2.75) is 0 Å². The quantitative estimate of drug-likeness (QED) is 0.261. The molecule has 0 atom stereocenters. The van der Waals surface area contributed by atoms with Crippen molar-refractivity contribution in [3.05, 3.63) is 121 Å². The van der Waals surface area contributed by atoms with Crippen molar-refractivity contribution in [3.63, 3.8) is 0 Å². The number of hydrogen-bond donors (Lipinski definition) is 0. The van der Waals surface area contributed by atoms with Gasteiger partial charge in [-0.15, -0.1) is 11.3 Å². The summed E-state index contributed by atoms with van der Waals surface area (Å²) in [6.45, 7) is 0. The SMILES string of the molecule is c1ccc(-c2ccc(-c3nc(-c4ccccc4)c4sc5c6ccccc6ccc5c4n3)cc2)cc1. The van der Waals surface area contributed by atoms with E-state index in [0.29, 0.717) is 0 Å². The molecule has 0 bridgehead atoms. The highest BCUT2D eigenvalue weighted by molar-refractivity contribution is 7.27. The highest BCUT2D eigenvalue weighted by Gasteiger charge is 2.17. The van der Waals surface area contributed by atoms with Crippen LogP contribution >= 0.6 is 11.3 Å². The summed E-state index contributed by atoms with van der Waals surface area (Å²) in [5.41, 5.74) is 6.53. The molecule has 0 aliphatic heterocycles. The van der Waals surface area contributed by atoms with Crippen molar-refractivity contribution in [3.8, 4) is 33.8 Å². The molecule has 7 aromatic rings. The van der Waals surface area contributed by atoms with E-state index >= 15 is 0 Å². The van der Waals surface area contributed by atoms with Crippen molar-refractivity contribution in [2.24, 2.45) is 0 Å². The fourth-order valence-electron chi connectivity index (χ4n) is 4.73. The Bertz CT molecular complexity index is 1820. The lowest BCUT2D eigenvalue weighted by Gasteiger charge is -2.08. The predicted molar refractivity (Wildman–Crippen MR) is 149 cm³/mol. The van der Waals surface area contributed by atoms with Crippen molar-refractivity contribution in [1.82, 2.24) is 9.97 Å². The van der Waals surface area contributed by atoms with E-state index in [1.165, 1.54) is 32.0 Å². The first-order valence-electron chi connectivity index (χ1n) is 11.7. The number of benzene rings is 5. The molecule has 0 unspecified atom stereocenters. The van der Waals surface area contributed by atoms with Gasteiger partial charge in [0.05, 0.1) is 15.9 Å². The van der Waals surface area contributed by atoms with Gasteiger partial charge in [-0.2, -0.15) is 0 Å². The van der Waals surface area contributed by atoms with Crippen LogP contribution in [0, 0.1) is 0 Å². The smallest absolute Gasteiger partial charge is 0.160 e. The summed E-state index contributed by atoms with van der Waals surface area (Å²) in [5, 5.41) is 3.70. The molecule has 0 aliphatic rings. The third kappa shape index (κ3) is 3.40. The summed E-state index contributed by atoms with van der Waals surface area (Å²) in [5.74, 6) is 0.754. The van der Waals surface area contributed by atoms with E-state index in [0.717, 1.165) is 32.9 Å². The van der Waals surface area contributed by atoms with E-state index in [1.54, 1.807) is 11.3 Å². The lowest BCUT2D eigenvalue weighted by molar-refractivity contribution is 1.24. The molecule has 0 saturated heterocycles. The van der Waals surface area contributed by atoms with Crippen molar-refractivity contribution < 1.29 is 0 Å². The van der Waals surface area contributed by atoms with Gasteiger partial charge in [0, 0.05) is 21.2 Å². The highest BCUT2D eigenvalue weighted by Crippen LogP contribution is 2.42. The number of thiophene rings is 1. The minimum Gasteiger partial charge on any atom is -0.226 e. The summed E-state index contributed by atoms with van der Waals surface area (Å²) in [7, 11) is 0. The van der Waals surface area contributed by atoms with E-state index in [-0.39, 0.29) is 0 Å². The number of nitrogens with zero attached hydrogens (tertiary/aromatic N) is 2. The fourth-order valence-corrected chi connectivity index (χ4v) is 6.02. The summed E-state index contributed by atoms with van der Waals surface area (Å²) in [4.78, 5) is 10.2. The van der Waals surface area contributed by atoms with Gasteiger partial charge < -0.3 is 0 Å². The zero-order valence-corrected chi connectivity index (χ0v) is 19.7. The van der Waals surface area contributed by atoms with E-state index in [1.807, 2.05) is 12.1 Å². The van der Waals surface area contributed by atoms with E-state index < -0.39 is 0 Å². The molecular weight excluding hydrogens is 444 g/mol. The van der Waals surface area contributed by atoms with E-state index in [9.17, 15) is 0 Å². The zero-order chi connectivity index (χ0) is 23.2. The molecule has 2 aromatic heterocycles. The second-order valence-electron chi connectivity index (χ2n) is 8.65. The number of hydrogen-bond acceptors (Lipinski definition) is 3. The number of aromatic nitrogens is 2. The van der Waals surface area contributed by atoms with Gasteiger partial charge in [-0.1, -0.05) is 121 Å². The third-order valence-corrected chi connectivity index (χ3v) is 7.74. The van der Waals surface area contributed by atoms with E-state index in [4.69, 9.17) is 9.97 Å². The molecule has 2 nitrogen and oxygen atoms in total. The van der Waals surface area contributed by atoms with Crippen molar-refractivity contribution >= 4 is 42.4 Å². The van der Waals surface area contributed by atoms with Crippen LogP contribution in [0.2, 0.25) is 0 Å². The van der Waals surface area contributed by atoms with Gasteiger partial charge in [0.15, 0.2) is 5.82 Å². The first-order valence-corrected chi connectivity index (χ1v) is 12.5. The largest absolute Gasteiger partial charge is 0.226 e. The van der Waals surface area contributed by atoms with Gasteiger partial charge in [-0.25, -0.2) is 9.97 Å². The lowest BCUT2D eigenvalue weighted by Crippen LogP contribution is -1.93. The molecule has 2 heterocycles. The molecule has 0 radical (unpaired) electrons. The summed E-state index contributed by atoms with van der Waals surface area (Å²) < 4.78 is 2.40. The van der Waals surface area contributed by atoms with Gasteiger partial charge >= 0.3 is 0 Å². The van der Waals surface area contributed by atoms with Crippen LogP contribution in [-0.4, -0.2) is 9.97 Å². The molecule has 0 aliphatic carbocycles. The maximum Gasteiger partial charge on any atom is 0.160 e. The summed E-state index contributed by atoms with van der Waals surface area (Å²) >= 11 is 1.79. The van der Waals surface area contributed by atoms with Crippen LogP contribution in [0.25, 0.3) is 64.8 Å². The molecule has 3 heteroatoms. The molecule has 0 amide bonds. The fraction of sp³-hybridized carbons (Fsp3) is 0. The maximum atomic E-state index is 5.13. The maximum absolute atomic E-state index is 5.13. The molecule has 164 valence electrons. The Morgan fingerprint density at radius 3 is 1.83 bits per heavy atom. The molecule has 7 rings (SSSR count). The molecule has 35 heavy (non-hydrogen) atoms. The Morgan fingerprint density at radius 1 is 0.429 bits per heavy atom. The zero-order valence-electron chi connectivity index (χ0n) is 18.8. The molecule has 5 aromatic carbocycles. The Morgan fingerprint density at radius 2 is 1.06 bits per heavy atom. The van der Waals surface area contributed by atoms with Crippen molar-refractivity contribution in [2.75, 3.05) is 0 Å². The second-order valence-corrected chi connectivity index (χ2v) is 9.67. The first-order chi connectivity index (χ1) is 17.3. The summed E-state index contributed by atoms with van der Waals surface area (Å²) in [6.07, 6.45) is 0. The van der Waals surface area contributed by atoms with Gasteiger partial charge in [-0.05, 0) is 21.9 Å². The lowest BCUT2D eigenvalue weighted by atomic mass is 10.0. The van der Waals surface area contributed by atoms with Gasteiger partial charge in [0.2, 0.25) is 0 Å². The van der Waals surface area contributed by atoms with Crippen LogP contribution in [0.4, 0.5) is 0 Å². The molecule has 0 N–H and O–H groups in total. The van der Waals surface area contributed by atoms with Crippen molar-refractivity contribution in [1.29, 1.82) is 0 Å². The minimum absolute atomic E-state index is 0.754. The standard InChI is InChI=1S/C32H20N2S/c1-3-9-21(10-4-1)22-15-17-25(18-16-22)32-33-28(24-12-5-2-6-13-24)31-29(34-32)27-20-19-23-11-7-8-14-26(23)30(27)35-31/h1-20H. The Labute approximate surface area is 207 Å². The van der Waals surface area contributed by atoms with Crippen LogP contribution in [0.3, 0.4) is 0 Å². The molecular formula is C32H20N2S. The predicted octanol–water partition coefficient (Wildman–Crippen LogP) is 9.00. The summed E-state index contributed by atoms with van der Waals surface area (Å²) in [6, 6.07) is 42.4. The van der Waals surface area contributed by atoms with Crippen LogP contribution in [0.5, 0.6) is 0 Å². The average Bonchev–Trinajstić information content (AvgIpc) is 3.33. The Hall–Kier alpha value is -4.34. The number of fused-ring (bicyclic) bond motifs is 5. The Balaban J connectivity index is 1.48. The topological polar surface area (TPSA) is 25.8 Å². The van der Waals surface area contributed by atoms with Crippen LogP contribution in [-0.2, 0) is 0 Å². The third-order valence-electron chi connectivity index (χ3n) is 6.50. The van der Waals surface area contributed by atoms with Crippen LogP contribution in [0.15, 0.2) is 121 Å². The molecule has 0 saturated carbocycles. The van der Waals surface area contributed by atoms with Crippen LogP contribution < -0.4 is 0 Å². The molecule has 0 spiro atoms. The number of rotatable bonds is 3. The van der Waals surface area contributed by atoms with Gasteiger partial charge in [-0.3, -0.25) is 0 Å². The Kier molecular flexibility index (Phi) is 4.68. The second kappa shape index (κ2) is 8.15. The highest BCUT2D eigenvalue weighted by atomic mass is 32.1.